The molecule has 0 spiro atoms. The zero-order chi connectivity index (χ0) is 34.4. The van der Waals surface area contributed by atoms with Gasteiger partial charge in [-0.3, -0.25) is 14.8 Å². The fourth-order valence-corrected chi connectivity index (χ4v) is 6.57. The average Bonchev–Trinajstić information content (AvgIpc) is 3.81. The summed E-state index contributed by atoms with van der Waals surface area (Å²) in [6.07, 6.45) is 6.10. The predicted octanol–water partition coefficient (Wildman–Crippen LogP) is 8.68. The van der Waals surface area contributed by atoms with E-state index in [1.54, 1.807) is 46.5 Å². The summed E-state index contributed by atoms with van der Waals surface area (Å²) >= 11 is 0. The molecule has 0 unspecified atom stereocenters. The van der Waals surface area contributed by atoms with E-state index in [4.69, 9.17) is 9.47 Å². The lowest BCUT2D eigenvalue weighted by atomic mass is 9.95. The van der Waals surface area contributed by atoms with Crippen LogP contribution in [0.4, 0.5) is 18.4 Å². The van der Waals surface area contributed by atoms with Crippen LogP contribution in [-0.4, -0.2) is 68.0 Å². The van der Waals surface area contributed by atoms with Crippen molar-refractivity contribution in [1.82, 2.24) is 19.8 Å². The van der Waals surface area contributed by atoms with Crippen LogP contribution in [0.3, 0.4) is 0 Å². The summed E-state index contributed by atoms with van der Waals surface area (Å²) in [6, 6.07) is 9.19. The smallest absolute Gasteiger partial charge is 0.410 e. The van der Waals surface area contributed by atoms with E-state index in [0.29, 0.717) is 53.3 Å². The number of halogens is 2. The van der Waals surface area contributed by atoms with Crippen molar-refractivity contribution in [3.63, 3.8) is 0 Å². The van der Waals surface area contributed by atoms with Gasteiger partial charge in [0.15, 0.2) is 0 Å². The van der Waals surface area contributed by atoms with Crippen LogP contribution >= 0.6 is 0 Å². The highest BCUT2D eigenvalue weighted by Gasteiger charge is 2.37. The molecule has 2 amide bonds. The van der Waals surface area contributed by atoms with Crippen LogP contribution in [0.5, 0.6) is 0 Å². The van der Waals surface area contributed by atoms with Crippen LogP contribution in [0.2, 0.25) is 0 Å². The summed E-state index contributed by atoms with van der Waals surface area (Å²) in [5, 5.41) is 0. The third-order valence-electron chi connectivity index (χ3n) is 8.72. The number of allylic oxidation sites excluding steroid dienone is 1. The van der Waals surface area contributed by atoms with E-state index in [2.05, 4.69) is 15.0 Å². The van der Waals surface area contributed by atoms with Gasteiger partial charge >= 0.3 is 12.2 Å². The molecule has 6 rings (SSSR count). The molecule has 11 heteroatoms. The third-order valence-corrected chi connectivity index (χ3v) is 8.72. The van der Waals surface area contributed by atoms with Crippen LogP contribution in [0.15, 0.2) is 53.8 Å². The maximum absolute atomic E-state index is 15.5. The Labute approximate surface area is 280 Å². The Morgan fingerprint density at radius 2 is 1.35 bits per heavy atom. The van der Waals surface area contributed by atoms with Crippen LogP contribution in [0.1, 0.15) is 91.1 Å². The van der Waals surface area contributed by atoms with Gasteiger partial charge in [0.25, 0.3) is 0 Å². The zero-order valence-corrected chi connectivity index (χ0v) is 28.4. The first-order valence-corrected chi connectivity index (χ1v) is 16.6. The number of likely N-dealkylation sites (tertiary alicyclic amines) is 2. The van der Waals surface area contributed by atoms with Crippen molar-refractivity contribution < 1.29 is 27.8 Å². The highest BCUT2D eigenvalue weighted by atomic mass is 19.1. The van der Waals surface area contributed by atoms with Gasteiger partial charge in [-0.05, 0) is 102 Å². The Morgan fingerprint density at radius 3 is 1.92 bits per heavy atom. The summed E-state index contributed by atoms with van der Waals surface area (Å²) in [5.74, 6) is -0.335. The molecule has 2 fully saturated rings. The summed E-state index contributed by atoms with van der Waals surface area (Å²) < 4.78 is 42.2. The number of imidazole rings is 1. The molecule has 1 N–H and O–H groups in total. The normalized spacial score (nSPS) is 19.8. The van der Waals surface area contributed by atoms with Gasteiger partial charge in [0.2, 0.25) is 0 Å². The number of carbonyl (C=O) groups excluding carboxylic acids is 2. The van der Waals surface area contributed by atoms with Crippen molar-refractivity contribution in [1.29, 1.82) is 0 Å². The topological polar surface area (TPSA) is 100 Å². The number of aromatic nitrogens is 2. The Balaban J connectivity index is 1.13. The number of ether oxygens (including phenoxy) is 2. The van der Waals surface area contributed by atoms with Gasteiger partial charge < -0.3 is 14.5 Å². The largest absolute Gasteiger partial charge is 0.444 e. The summed E-state index contributed by atoms with van der Waals surface area (Å²) in [6.45, 7) is 12.2. The molecule has 3 aromatic rings. The van der Waals surface area contributed by atoms with Gasteiger partial charge in [-0.1, -0.05) is 18.2 Å². The van der Waals surface area contributed by atoms with Gasteiger partial charge in [0, 0.05) is 42.5 Å². The van der Waals surface area contributed by atoms with Crippen molar-refractivity contribution in [2.24, 2.45) is 4.99 Å². The van der Waals surface area contributed by atoms with Crippen molar-refractivity contribution in [2.75, 3.05) is 13.1 Å². The first-order chi connectivity index (χ1) is 22.7. The Bertz CT molecular complexity index is 1780. The maximum Gasteiger partial charge on any atom is 0.410 e. The van der Waals surface area contributed by atoms with E-state index in [-0.39, 0.29) is 18.2 Å². The highest BCUT2D eigenvalue weighted by Crippen LogP contribution is 2.36. The first-order valence-electron chi connectivity index (χ1n) is 16.6. The molecule has 48 heavy (non-hydrogen) atoms. The number of benzene rings is 2. The van der Waals surface area contributed by atoms with E-state index >= 15 is 8.78 Å². The van der Waals surface area contributed by atoms with Gasteiger partial charge in [-0.2, -0.15) is 0 Å². The summed E-state index contributed by atoms with van der Waals surface area (Å²) in [4.78, 5) is 41.2. The van der Waals surface area contributed by atoms with E-state index in [1.165, 1.54) is 12.1 Å². The molecule has 3 aliphatic rings. The number of hydrogen-bond donors (Lipinski definition) is 1. The van der Waals surface area contributed by atoms with Crippen LogP contribution in [-0.2, 0) is 9.47 Å². The standard InChI is InChI=1S/C37H43F2N5O4/c1-36(2,3)47-34(45)43-15-7-9-31(43)29-19-24(20-40-29)25-13-11-22(17-27(25)38)23-12-14-26(28(39)18-23)30-21-41-33(42-30)32-10-8-16-44(32)35(46)48-37(4,5)6/h11-14,17-18,20-21,31-32H,7-10,15-16,19H2,1-6H3,(H,41,42)/t31-,32-/m0/s1. The maximum atomic E-state index is 15.5. The summed E-state index contributed by atoms with van der Waals surface area (Å²) in [7, 11) is 0. The Hall–Kier alpha value is -4.54. The van der Waals surface area contributed by atoms with Crippen molar-refractivity contribution in [3.8, 4) is 22.4 Å². The average molecular weight is 660 g/mol. The second-order valence-electron chi connectivity index (χ2n) is 14.7. The molecule has 2 saturated heterocycles. The zero-order valence-electron chi connectivity index (χ0n) is 28.4. The number of hydrogen-bond acceptors (Lipinski definition) is 6. The number of nitrogens with zero attached hydrogens (tertiary/aromatic N) is 4. The monoisotopic (exact) mass is 659 g/mol. The molecule has 4 heterocycles. The lowest BCUT2D eigenvalue weighted by molar-refractivity contribution is 0.0216. The lowest BCUT2D eigenvalue weighted by Gasteiger charge is -2.28. The SMILES string of the molecule is CC(C)(C)OC(=O)N1CCC[C@H]1C1=NC=C(c2ccc(-c3ccc(-c4cnc([C@@H]5CCCN5C(=O)OC(C)(C)C)[nH]4)c(F)c3)cc2F)C1. The minimum atomic E-state index is -0.611. The molecule has 3 aliphatic heterocycles. The molecular weight excluding hydrogens is 616 g/mol. The quantitative estimate of drug-likeness (QED) is 0.296. The molecule has 0 radical (unpaired) electrons. The minimum Gasteiger partial charge on any atom is -0.444 e. The molecule has 1 aromatic heterocycles. The molecule has 2 atom stereocenters. The van der Waals surface area contributed by atoms with Gasteiger partial charge in [0.1, 0.15) is 28.7 Å². The molecule has 0 aliphatic carbocycles. The number of carbonyl (C=O) groups is 2. The van der Waals surface area contributed by atoms with E-state index in [0.717, 1.165) is 37.0 Å². The van der Waals surface area contributed by atoms with Crippen molar-refractivity contribution in [3.05, 3.63) is 71.8 Å². The number of nitrogens with one attached hydrogen (secondary N) is 1. The first kappa shape index (κ1) is 33.4. The van der Waals surface area contributed by atoms with Crippen molar-refractivity contribution >= 4 is 23.5 Å². The van der Waals surface area contributed by atoms with Gasteiger partial charge in [0.05, 0.1) is 24.0 Å². The fraction of sp³-hybridized carbons (Fsp3) is 0.459. The fourth-order valence-electron chi connectivity index (χ4n) is 6.57. The Morgan fingerprint density at radius 1 is 0.812 bits per heavy atom. The van der Waals surface area contributed by atoms with E-state index in [9.17, 15) is 9.59 Å². The van der Waals surface area contributed by atoms with Crippen molar-refractivity contribution in [2.45, 2.75) is 96.9 Å². The van der Waals surface area contributed by atoms with Gasteiger partial charge in [-0.15, -0.1) is 0 Å². The number of amides is 2. The van der Waals surface area contributed by atoms with E-state index < -0.39 is 28.9 Å². The van der Waals surface area contributed by atoms with Gasteiger partial charge in [-0.25, -0.2) is 23.4 Å². The minimum absolute atomic E-state index is 0.176. The molecular formula is C37H43F2N5O4. The third kappa shape index (κ3) is 7.15. The molecule has 0 saturated carbocycles. The lowest BCUT2D eigenvalue weighted by Crippen LogP contribution is -2.43. The van der Waals surface area contributed by atoms with Crippen LogP contribution in [0, 0.1) is 11.6 Å². The molecule has 254 valence electrons. The predicted molar refractivity (Wildman–Crippen MR) is 180 cm³/mol. The molecule has 2 aromatic carbocycles. The highest BCUT2D eigenvalue weighted by molar-refractivity contribution is 6.03. The number of aliphatic imine (C=N–C) groups is 1. The number of H-pyrrole nitrogens is 1. The second-order valence-corrected chi connectivity index (χ2v) is 14.7. The molecule has 0 bridgehead atoms. The molecule has 9 nitrogen and oxygen atoms in total. The number of aromatic amines is 1. The second kappa shape index (κ2) is 12.8. The van der Waals surface area contributed by atoms with Crippen LogP contribution in [0.25, 0.3) is 28.0 Å². The van der Waals surface area contributed by atoms with E-state index in [1.807, 2.05) is 41.5 Å². The van der Waals surface area contributed by atoms with Crippen LogP contribution < -0.4 is 0 Å². The Kier molecular flexibility index (Phi) is 8.91. The number of rotatable bonds is 5. The summed E-state index contributed by atoms with van der Waals surface area (Å²) in [5.41, 5.74) is 2.66.